The summed E-state index contributed by atoms with van der Waals surface area (Å²) < 4.78 is 13.0. The molecular weight excluding hydrogens is 432 g/mol. The number of hydrogen-bond acceptors (Lipinski definition) is 4. The highest BCUT2D eigenvalue weighted by Gasteiger charge is 2.59. The molecular formula is C24H23BrO4. The Morgan fingerprint density at radius 3 is 2.59 bits per heavy atom. The molecule has 5 rings (SSSR count). The van der Waals surface area contributed by atoms with Gasteiger partial charge in [0.1, 0.15) is 17.3 Å². The zero-order chi connectivity index (χ0) is 20.3. The second-order valence-electron chi connectivity index (χ2n) is 8.15. The molecule has 29 heavy (non-hydrogen) atoms. The Hall–Kier alpha value is -2.11. The number of rotatable bonds is 4. The zero-order valence-corrected chi connectivity index (χ0v) is 18.0. The van der Waals surface area contributed by atoms with Gasteiger partial charge in [-0.3, -0.25) is 4.79 Å². The van der Waals surface area contributed by atoms with E-state index in [0.717, 1.165) is 46.2 Å². The van der Waals surface area contributed by atoms with E-state index in [-0.39, 0.29) is 35.6 Å². The lowest BCUT2D eigenvalue weighted by Crippen LogP contribution is -2.29. The molecule has 4 atom stereocenters. The van der Waals surface area contributed by atoms with Gasteiger partial charge in [0.05, 0.1) is 29.6 Å². The third kappa shape index (κ3) is 2.94. The van der Waals surface area contributed by atoms with Crippen LogP contribution in [0.2, 0.25) is 0 Å². The van der Waals surface area contributed by atoms with E-state index in [0.29, 0.717) is 11.3 Å². The molecule has 150 valence electrons. The third-order valence-electron chi connectivity index (χ3n) is 6.49. The number of fused-ring (bicyclic) bond motifs is 5. The zero-order valence-electron chi connectivity index (χ0n) is 16.4. The van der Waals surface area contributed by atoms with Crippen LogP contribution in [-0.4, -0.2) is 23.1 Å². The van der Waals surface area contributed by atoms with Crippen LogP contribution in [0, 0.1) is 18.8 Å². The number of Topliss-reactive ketones (excluding diaryl/α,β-unsaturated/α-hetero) is 1. The van der Waals surface area contributed by atoms with Crippen LogP contribution in [0.1, 0.15) is 36.5 Å². The Morgan fingerprint density at radius 2 is 1.90 bits per heavy atom. The van der Waals surface area contributed by atoms with Crippen molar-refractivity contribution in [3.63, 3.8) is 0 Å². The second kappa shape index (κ2) is 6.99. The number of aliphatic hydroxyl groups is 1. The molecule has 2 aliphatic heterocycles. The van der Waals surface area contributed by atoms with Crippen LogP contribution in [0.3, 0.4) is 0 Å². The predicted octanol–water partition coefficient (Wildman–Crippen LogP) is 5.76. The van der Waals surface area contributed by atoms with Gasteiger partial charge in [0, 0.05) is 4.47 Å². The topological polar surface area (TPSA) is 55.8 Å². The standard InChI is InChI=1S/C24H23BrO4/c1-3-13-4-6-15(28-17-7-5-14(25)10-12(17)2)11-16(13)20-23(26)21-18-8-9-19(29-18)22(21)24(20)27/h4-7,10-11,18-19,21-22,26H,3,8-9H2,1-2H3/t18-,19+,21-,22+/m1/s1. The van der Waals surface area contributed by atoms with E-state index in [1.165, 1.54) is 0 Å². The van der Waals surface area contributed by atoms with Crippen molar-refractivity contribution in [3.8, 4) is 11.5 Å². The van der Waals surface area contributed by atoms with Gasteiger partial charge in [-0.25, -0.2) is 0 Å². The maximum atomic E-state index is 13.3. The molecule has 0 spiro atoms. The highest BCUT2D eigenvalue weighted by atomic mass is 79.9. The molecule has 2 fully saturated rings. The molecule has 2 aromatic rings. The maximum Gasteiger partial charge on any atom is 0.173 e. The highest BCUT2D eigenvalue weighted by Crippen LogP contribution is 2.54. The summed E-state index contributed by atoms with van der Waals surface area (Å²) in [6, 6.07) is 11.7. The van der Waals surface area contributed by atoms with Crippen LogP contribution in [0.5, 0.6) is 11.5 Å². The molecule has 4 nitrogen and oxygen atoms in total. The molecule has 0 unspecified atom stereocenters. The quantitative estimate of drug-likeness (QED) is 0.637. The van der Waals surface area contributed by atoms with E-state index < -0.39 is 0 Å². The first kappa shape index (κ1) is 18.9. The van der Waals surface area contributed by atoms with Crippen molar-refractivity contribution in [1.29, 1.82) is 0 Å². The summed E-state index contributed by atoms with van der Waals surface area (Å²) in [5.74, 6) is 1.24. The number of aryl methyl sites for hydroxylation is 2. The summed E-state index contributed by atoms with van der Waals surface area (Å²) in [5.41, 5.74) is 3.31. The lowest BCUT2D eigenvalue weighted by atomic mass is 9.80. The Labute approximate surface area is 178 Å². The van der Waals surface area contributed by atoms with Crippen LogP contribution in [0.4, 0.5) is 0 Å². The number of carbonyl (C=O) groups is 1. The van der Waals surface area contributed by atoms with Gasteiger partial charge in [0.15, 0.2) is 5.78 Å². The van der Waals surface area contributed by atoms with Crippen LogP contribution < -0.4 is 4.74 Å². The lowest BCUT2D eigenvalue weighted by Gasteiger charge is -2.19. The van der Waals surface area contributed by atoms with E-state index in [9.17, 15) is 9.90 Å². The molecule has 2 bridgehead atoms. The first-order chi connectivity index (χ1) is 14.0. The fourth-order valence-corrected chi connectivity index (χ4v) is 5.58. The van der Waals surface area contributed by atoms with Crippen LogP contribution in [0.25, 0.3) is 5.57 Å². The number of aliphatic hydroxyl groups excluding tert-OH is 1. The van der Waals surface area contributed by atoms with Crippen LogP contribution in [0.15, 0.2) is 46.6 Å². The fraction of sp³-hybridized carbons (Fsp3) is 0.375. The second-order valence-corrected chi connectivity index (χ2v) is 9.07. The van der Waals surface area contributed by atoms with Gasteiger partial charge < -0.3 is 14.6 Å². The smallest absolute Gasteiger partial charge is 0.173 e. The van der Waals surface area contributed by atoms with Gasteiger partial charge in [0.2, 0.25) is 0 Å². The van der Waals surface area contributed by atoms with Gasteiger partial charge in [-0.1, -0.05) is 28.9 Å². The first-order valence-corrected chi connectivity index (χ1v) is 11.0. The molecule has 2 saturated heterocycles. The number of benzene rings is 2. The molecule has 0 radical (unpaired) electrons. The summed E-state index contributed by atoms with van der Waals surface area (Å²) in [6.45, 7) is 4.05. The average Bonchev–Trinajstić information content (AvgIpc) is 3.38. The number of allylic oxidation sites excluding steroid dienone is 1. The summed E-state index contributed by atoms with van der Waals surface area (Å²) in [6.07, 6.45) is 2.53. The van der Waals surface area contributed by atoms with E-state index in [2.05, 4.69) is 22.9 Å². The number of halogens is 1. The molecule has 1 N–H and O–H groups in total. The van der Waals surface area contributed by atoms with Gasteiger partial charge >= 0.3 is 0 Å². The minimum absolute atomic E-state index is 0.0198. The predicted molar refractivity (Wildman–Crippen MR) is 114 cm³/mol. The van der Waals surface area contributed by atoms with Gasteiger partial charge in [0.25, 0.3) is 0 Å². The molecule has 0 amide bonds. The Balaban J connectivity index is 1.54. The van der Waals surface area contributed by atoms with E-state index in [1.807, 2.05) is 43.3 Å². The van der Waals surface area contributed by atoms with Crippen molar-refractivity contribution in [3.05, 3.63) is 63.3 Å². The number of carbonyl (C=O) groups excluding carboxylic acids is 1. The lowest BCUT2D eigenvalue weighted by molar-refractivity contribution is -0.118. The van der Waals surface area contributed by atoms with Crippen molar-refractivity contribution >= 4 is 27.3 Å². The maximum absolute atomic E-state index is 13.3. The molecule has 2 aromatic carbocycles. The van der Waals surface area contributed by atoms with Crippen molar-refractivity contribution in [2.75, 3.05) is 0 Å². The Morgan fingerprint density at radius 1 is 1.14 bits per heavy atom. The van der Waals surface area contributed by atoms with Crippen molar-refractivity contribution < 1.29 is 19.4 Å². The molecule has 3 aliphatic rings. The summed E-state index contributed by atoms with van der Waals surface area (Å²) in [5, 5.41) is 11.0. The van der Waals surface area contributed by atoms with E-state index >= 15 is 0 Å². The minimum atomic E-state index is -0.230. The summed E-state index contributed by atoms with van der Waals surface area (Å²) in [7, 11) is 0. The van der Waals surface area contributed by atoms with Gasteiger partial charge in [-0.05, 0) is 73.2 Å². The third-order valence-corrected chi connectivity index (χ3v) is 6.98. The molecule has 2 heterocycles. The van der Waals surface area contributed by atoms with Crippen molar-refractivity contribution in [2.24, 2.45) is 11.8 Å². The normalized spacial score (nSPS) is 27.6. The summed E-state index contributed by atoms with van der Waals surface area (Å²) in [4.78, 5) is 13.3. The molecule has 0 aromatic heterocycles. The Kier molecular flexibility index (Phi) is 4.56. The van der Waals surface area contributed by atoms with E-state index in [1.54, 1.807) is 0 Å². The van der Waals surface area contributed by atoms with Gasteiger partial charge in [-0.2, -0.15) is 0 Å². The Bertz CT molecular complexity index is 1040. The number of hydrogen-bond donors (Lipinski definition) is 1. The fourth-order valence-electron chi connectivity index (χ4n) is 5.10. The number of ketones is 1. The average molecular weight is 455 g/mol. The molecule has 0 saturated carbocycles. The van der Waals surface area contributed by atoms with Gasteiger partial charge in [-0.15, -0.1) is 0 Å². The van der Waals surface area contributed by atoms with Crippen molar-refractivity contribution in [1.82, 2.24) is 0 Å². The van der Waals surface area contributed by atoms with Crippen LogP contribution in [-0.2, 0) is 16.0 Å². The summed E-state index contributed by atoms with van der Waals surface area (Å²) >= 11 is 3.47. The largest absolute Gasteiger partial charge is 0.511 e. The monoisotopic (exact) mass is 454 g/mol. The van der Waals surface area contributed by atoms with E-state index in [4.69, 9.17) is 9.47 Å². The number of ether oxygens (including phenoxy) is 2. The molecule has 5 heteroatoms. The SMILES string of the molecule is CCc1ccc(Oc2ccc(Br)cc2C)cc1C1=C(O)[C@H]2[C@@H](C1=O)[C@@H]1CC[C@H]2O1. The van der Waals surface area contributed by atoms with Crippen LogP contribution >= 0.6 is 15.9 Å². The highest BCUT2D eigenvalue weighted by molar-refractivity contribution is 9.10. The van der Waals surface area contributed by atoms with Crippen molar-refractivity contribution in [2.45, 2.75) is 45.3 Å². The molecule has 1 aliphatic carbocycles. The minimum Gasteiger partial charge on any atom is -0.511 e. The first-order valence-electron chi connectivity index (χ1n) is 10.2.